The van der Waals surface area contributed by atoms with Crippen molar-refractivity contribution in [3.63, 3.8) is 0 Å². The molecule has 3 rings (SSSR count). The number of Topliss-reactive ketones (excluding diaryl/α,β-unsaturated/α-hetero) is 2. The summed E-state index contributed by atoms with van der Waals surface area (Å²) in [6, 6.07) is 12.9. The number of aromatic nitrogens is 1. The van der Waals surface area contributed by atoms with Gasteiger partial charge in [0, 0.05) is 36.1 Å². The maximum absolute atomic E-state index is 14.9. The first kappa shape index (κ1) is 32.3. The summed E-state index contributed by atoms with van der Waals surface area (Å²) in [5.74, 6) is -2.48. The number of aliphatic hydroxyl groups excluding tert-OH is 1. The van der Waals surface area contributed by atoms with E-state index in [1.54, 1.807) is 12.3 Å². The Hall–Kier alpha value is -3.21. The molecule has 1 aromatic heterocycles. The average Bonchev–Trinajstić information content (AvgIpc) is 3.33. The normalized spacial score (nSPS) is 13.1. The van der Waals surface area contributed by atoms with Crippen LogP contribution < -0.4 is 5.73 Å². The van der Waals surface area contributed by atoms with Crippen LogP contribution in [0.3, 0.4) is 0 Å². The smallest absolute Gasteiger partial charge is 0.248 e. The van der Waals surface area contributed by atoms with Crippen molar-refractivity contribution in [2.75, 3.05) is 18.5 Å². The number of benzene rings is 2. The molecule has 0 fully saturated rings. The highest BCUT2D eigenvalue weighted by atomic mass is 79.9. The zero-order valence-corrected chi connectivity index (χ0v) is 25.0. The number of rotatable bonds is 13. The number of carbonyl (C=O) groups is 3. The zero-order chi connectivity index (χ0) is 30.3. The first-order chi connectivity index (χ1) is 19.3. The fraction of sp³-hybridized carbons (Fsp3) is 0.387. The minimum Gasteiger partial charge on any atom is -0.387 e. The van der Waals surface area contributed by atoms with Crippen molar-refractivity contribution in [1.29, 1.82) is 0 Å². The molecule has 10 heteroatoms. The molecular weight excluding hydrogens is 596 g/mol. The topological polar surface area (TPSA) is 106 Å². The Kier molecular flexibility index (Phi) is 11.1. The molecule has 0 unspecified atom stereocenters. The Morgan fingerprint density at radius 2 is 1.76 bits per heavy atom. The first-order valence-electron chi connectivity index (χ1n) is 13.3. The van der Waals surface area contributed by atoms with Crippen molar-refractivity contribution in [2.24, 2.45) is 11.1 Å². The lowest BCUT2D eigenvalue weighted by atomic mass is 9.82. The Morgan fingerprint density at radius 3 is 2.37 bits per heavy atom. The average molecular weight is 633 g/mol. The summed E-state index contributed by atoms with van der Waals surface area (Å²) in [4.78, 5) is 38.9. The molecule has 0 spiro atoms. The monoisotopic (exact) mass is 631 g/mol. The Bertz CT molecular complexity index is 1370. The van der Waals surface area contributed by atoms with Crippen LogP contribution in [0.2, 0.25) is 0 Å². The van der Waals surface area contributed by atoms with Gasteiger partial charge >= 0.3 is 0 Å². The van der Waals surface area contributed by atoms with Gasteiger partial charge in [0.2, 0.25) is 5.91 Å². The molecule has 0 aliphatic heterocycles. The van der Waals surface area contributed by atoms with Crippen LogP contribution in [-0.4, -0.2) is 56.6 Å². The summed E-state index contributed by atoms with van der Waals surface area (Å²) in [7, 11) is 0. The molecule has 7 nitrogen and oxygen atoms in total. The van der Waals surface area contributed by atoms with E-state index in [1.165, 1.54) is 4.90 Å². The van der Waals surface area contributed by atoms with E-state index in [0.717, 1.165) is 23.8 Å². The number of aliphatic hydroxyl groups is 1. The second-order valence-corrected chi connectivity index (χ2v) is 11.7. The standard InChI is InChI=1S/C31H36BrF2N3O4/c1-31(2,3)30(37(29(41)19-38)12-11-26(35)28(40)15-23(39)16-32)27-13-21(24-14-22(33)9-10-25(24)34)18-36(27)17-20-7-5-4-6-8-20/h4-10,13-14,18,26,30,38H,11-12,15-17,19,35H2,1-3H3/t26-,30-/m0/s1. The van der Waals surface area contributed by atoms with Gasteiger partial charge in [-0.1, -0.05) is 67.0 Å². The highest BCUT2D eigenvalue weighted by Crippen LogP contribution is 2.41. The maximum Gasteiger partial charge on any atom is 0.248 e. The molecule has 0 saturated carbocycles. The van der Waals surface area contributed by atoms with E-state index in [4.69, 9.17) is 5.73 Å². The zero-order valence-electron chi connectivity index (χ0n) is 23.4. The van der Waals surface area contributed by atoms with E-state index in [-0.39, 0.29) is 36.1 Å². The molecule has 41 heavy (non-hydrogen) atoms. The van der Waals surface area contributed by atoms with Crippen molar-refractivity contribution in [1.82, 2.24) is 9.47 Å². The highest BCUT2D eigenvalue weighted by molar-refractivity contribution is 9.09. The number of alkyl halides is 1. The van der Waals surface area contributed by atoms with E-state index >= 15 is 0 Å². The van der Waals surface area contributed by atoms with Gasteiger partial charge in [0.15, 0.2) is 11.6 Å². The van der Waals surface area contributed by atoms with Gasteiger partial charge < -0.3 is 20.3 Å². The van der Waals surface area contributed by atoms with Gasteiger partial charge in [-0.25, -0.2) is 8.78 Å². The van der Waals surface area contributed by atoms with E-state index in [0.29, 0.717) is 17.8 Å². The van der Waals surface area contributed by atoms with Gasteiger partial charge in [0.05, 0.1) is 23.8 Å². The number of carbonyl (C=O) groups excluding carboxylic acids is 3. The van der Waals surface area contributed by atoms with Crippen LogP contribution in [0.5, 0.6) is 0 Å². The first-order valence-corrected chi connectivity index (χ1v) is 14.4. The number of nitrogens with zero attached hydrogens (tertiary/aromatic N) is 2. The van der Waals surface area contributed by atoms with Gasteiger partial charge in [-0.2, -0.15) is 0 Å². The largest absolute Gasteiger partial charge is 0.387 e. The van der Waals surface area contributed by atoms with Crippen LogP contribution in [0.15, 0.2) is 60.8 Å². The molecule has 0 radical (unpaired) electrons. The lowest BCUT2D eigenvalue weighted by molar-refractivity contribution is -0.140. The fourth-order valence-corrected chi connectivity index (χ4v) is 5.11. The Labute approximate surface area is 247 Å². The minimum absolute atomic E-state index is 0.0247. The lowest BCUT2D eigenvalue weighted by Gasteiger charge is -2.41. The van der Waals surface area contributed by atoms with E-state index in [9.17, 15) is 28.3 Å². The Balaban J connectivity index is 2.10. The van der Waals surface area contributed by atoms with Crippen LogP contribution in [0.1, 0.15) is 50.9 Å². The number of ketones is 2. The number of halogens is 3. The highest BCUT2D eigenvalue weighted by Gasteiger charge is 2.37. The third-order valence-electron chi connectivity index (χ3n) is 6.85. The maximum atomic E-state index is 14.9. The van der Waals surface area contributed by atoms with Crippen LogP contribution >= 0.6 is 15.9 Å². The molecule has 0 bridgehead atoms. The summed E-state index contributed by atoms with van der Waals surface area (Å²) >= 11 is 3.04. The van der Waals surface area contributed by atoms with Crippen molar-refractivity contribution < 1.29 is 28.3 Å². The van der Waals surface area contributed by atoms with Crippen LogP contribution in [0, 0.1) is 17.0 Å². The fourth-order valence-electron chi connectivity index (χ4n) is 4.91. The Morgan fingerprint density at radius 1 is 1.07 bits per heavy atom. The molecule has 1 amide bonds. The summed E-state index contributed by atoms with van der Waals surface area (Å²) in [6.45, 7) is 5.42. The second-order valence-electron chi connectivity index (χ2n) is 11.1. The molecule has 0 aliphatic rings. The van der Waals surface area contributed by atoms with Gasteiger partial charge in [-0.3, -0.25) is 14.4 Å². The van der Waals surface area contributed by atoms with E-state index in [1.807, 2.05) is 55.7 Å². The molecule has 2 aromatic carbocycles. The summed E-state index contributed by atoms with van der Waals surface area (Å²) in [6.07, 6.45) is 1.48. The third kappa shape index (κ3) is 8.40. The summed E-state index contributed by atoms with van der Waals surface area (Å²) < 4.78 is 30.9. The molecule has 220 valence electrons. The summed E-state index contributed by atoms with van der Waals surface area (Å²) in [5.41, 5.74) is 7.59. The molecule has 2 atom stereocenters. The van der Waals surface area contributed by atoms with E-state index in [2.05, 4.69) is 15.9 Å². The molecule has 3 N–H and O–H groups in total. The number of hydrogen-bond acceptors (Lipinski definition) is 5. The lowest BCUT2D eigenvalue weighted by Crippen LogP contribution is -2.46. The van der Waals surface area contributed by atoms with Gasteiger partial charge in [0.25, 0.3) is 0 Å². The van der Waals surface area contributed by atoms with Crippen molar-refractivity contribution in [3.05, 3.63) is 83.7 Å². The molecule has 1 heterocycles. The van der Waals surface area contributed by atoms with Gasteiger partial charge in [-0.15, -0.1) is 0 Å². The van der Waals surface area contributed by atoms with Crippen LogP contribution in [0.25, 0.3) is 11.1 Å². The number of hydrogen-bond donors (Lipinski definition) is 2. The number of amides is 1. The third-order valence-corrected chi connectivity index (χ3v) is 7.47. The molecular formula is C31H36BrF2N3O4. The molecule has 0 aliphatic carbocycles. The molecule has 0 saturated heterocycles. The van der Waals surface area contributed by atoms with Crippen molar-refractivity contribution in [2.45, 2.75) is 52.2 Å². The minimum atomic E-state index is -0.985. The van der Waals surface area contributed by atoms with Gasteiger partial charge in [0.1, 0.15) is 18.2 Å². The van der Waals surface area contributed by atoms with Crippen LogP contribution in [-0.2, 0) is 20.9 Å². The number of nitrogens with two attached hydrogens (primary N) is 1. The predicted octanol–water partition coefficient (Wildman–Crippen LogP) is 5.03. The van der Waals surface area contributed by atoms with Gasteiger partial charge in [-0.05, 0) is 41.7 Å². The SMILES string of the molecule is CC(C)(C)[C@H](c1cc(-c2cc(F)ccc2F)cn1Cc1ccccc1)N(CC[C@H](N)C(=O)CC(=O)CBr)C(=O)CO. The van der Waals surface area contributed by atoms with Crippen LogP contribution in [0.4, 0.5) is 8.78 Å². The molecule has 3 aromatic rings. The van der Waals surface area contributed by atoms with Crippen molar-refractivity contribution in [3.8, 4) is 11.1 Å². The summed E-state index contributed by atoms with van der Waals surface area (Å²) in [5, 5.41) is 9.95. The van der Waals surface area contributed by atoms with E-state index < -0.39 is 47.4 Å². The second kappa shape index (κ2) is 14.1. The quantitative estimate of drug-likeness (QED) is 0.203. The van der Waals surface area contributed by atoms with Crippen molar-refractivity contribution >= 4 is 33.4 Å². The predicted molar refractivity (Wildman–Crippen MR) is 157 cm³/mol.